The van der Waals surface area contributed by atoms with Gasteiger partial charge < -0.3 is 10.2 Å². The van der Waals surface area contributed by atoms with Gasteiger partial charge in [-0.05, 0) is 25.0 Å². The maximum atomic E-state index is 13.9. The van der Waals surface area contributed by atoms with E-state index in [0.29, 0.717) is 28.5 Å². The summed E-state index contributed by atoms with van der Waals surface area (Å²) in [5.41, 5.74) is 0.400. The Hall–Kier alpha value is -2.28. The molecule has 138 valence electrons. The summed E-state index contributed by atoms with van der Waals surface area (Å²) in [5, 5.41) is 3.49. The Kier molecular flexibility index (Phi) is 5.66. The number of aromatic nitrogens is 1. The van der Waals surface area contributed by atoms with E-state index in [1.54, 1.807) is 23.1 Å². The summed E-state index contributed by atoms with van der Waals surface area (Å²) < 4.78 is 13.9. The van der Waals surface area contributed by atoms with Crippen molar-refractivity contribution in [3.05, 3.63) is 41.2 Å². The van der Waals surface area contributed by atoms with Crippen LogP contribution in [-0.4, -0.2) is 40.8 Å². The van der Waals surface area contributed by atoms with Gasteiger partial charge in [0.1, 0.15) is 15.7 Å². The molecule has 7 heteroatoms. The lowest BCUT2D eigenvalue weighted by molar-refractivity contribution is -0.125. The Balaban J connectivity index is 1.69. The van der Waals surface area contributed by atoms with Gasteiger partial charge >= 0.3 is 0 Å². The van der Waals surface area contributed by atoms with Crippen LogP contribution in [0.15, 0.2) is 30.5 Å². The molecule has 2 heterocycles. The lowest BCUT2D eigenvalue weighted by Gasteiger charge is -2.33. The number of thiazole rings is 1. The molecule has 1 aliphatic heterocycles. The number of piperidine rings is 1. The lowest BCUT2D eigenvalue weighted by Crippen LogP contribution is -2.50. The third-order valence-electron chi connectivity index (χ3n) is 4.40. The van der Waals surface area contributed by atoms with Crippen LogP contribution in [0.1, 0.15) is 36.4 Å². The van der Waals surface area contributed by atoms with Crippen LogP contribution in [0, 0.1) is 11.7 Å². The molecule has 2 aromatic rings. The number of hydrogen-bond donors (Lipinski definition) is 1. The lowest BCUT2D eigenvalue weighted by atomic mass is 10.0. The topological polar surface area (TPSA) is 62.3 Å². The number of rotatable bonds is 4. The molecular weight excluding hydrogens is 353 g/mol. The summed E-state index contributed by atoms with van der Waals surface area (Å²) in [6, 6.07) is 6.37. The van der Waals surface area contributed by atoms with Crippen molar-refractivity contribution < 1.29 is 14.0 Å². The molecular formula is C19H22FN3O2S. The fourth-order valence-corrected chi connectivity index (χ4v) is 3.85. The smallest absolute Gasteiger partial charge is 0.265 e. The highest BCUT2D eigenvalue weighted by atomic mass is 32.1. The summed E-state index contributed by atoms with van der Waals surface area (Å²) in [7, 11) is 0. The second-order valence-electron chi connectivity index (χ2n) is 6.76. The zero-order chi connectivity index (χ0) is 18.7. The van der Waals surface area contributed by atoms with Gasteiger partial charge in [0.15, 0.2) is 0 Å². The zero-order valence-corrected chi connectivity index (χ0v) is 15.7. The summed E-state index contributed by atoms with van der Waals surface area (Å²) >= 11 is 1.19. The first-order chi connectivity index (χ1) is 12.5. The molecule has 0 bridgehead atoms. The van der Waals surface area contributed by atoms with Crippen molar-refractivity contribution in [2.24, 2.45) is 5.92 Å². The molecule has 1 unspecified atom stereocenters. The molecule has 0 spiro atoms. The van der Waals surface area contributed by atoms with E-state index in [9.17, 15) is 14.0 Å². The number of amides is 2. The molecule has 0 radical (unpaired) electrons. The first-order valence-corrected chi connectivity index (χ1v) is 9.57. The standard InChI is InChI=1S/C19H22FN3O2S/c1-12(2)17(24)22-13-6-5-9-23(11-13)19(25)16-10-21-18(26-16)14-7-3-4-8-15(14)20/h3-4,7-8,10,12-13H,5-6,9,11H2,1-2H3,(H,22,24). The molecule has 1 N–H and O–H groups in total. The quantitative estimate of drug-likeness (QED) is 0.892. The van der Waals surface area contributed by atoms with Crippen molar-refractivity contribution in [2.75, 3.05) is 13.1 Å². The third-order valence-corrected chi connectivity index (χ3v) is 5.42. The highest BCUT2D eigenvalue weighted by Crippen LogP contribution is 2.28. The maximum absolute atomic E-state index is 13.9. The summed E-state index contributed by atoms with van der Waals surface area (Å²) in [5.74, 6) is -0.543. The average Bonchev–Trinajstić information content (AvgIpc) is 3.11. The highest BCUT2D eigenvalue weighted by molar-refractivity contribution is 7.16. The predicted molar refractivity (Wildman–Crippen MR) is 99.4 cm³/mol. The SMILES string of the molecule is CC(C)C(=O)NC1CCCN(C(=O)c2cnc(-c3ccccc3F)s2)C1. The van der Waals surface area contributed by atoms with E-state index in [1.165, 1.54) is 23.6 Å². The second kappa shape index (κ2) is 7.95. The van der Waals surface area contributed by atoms with Gasteiger partial charge in [0, 0.05) is 30.6 Å². The normalized spacial score (nSPS) is 17.4. The van der Waals surface area contributed by atoms with Gasteiger partial charge in [-0.15, -0.1) is 11.3 Å². The van der Waals surface area contributed by atoms with Gasteiger partial charge in [-0.3, -0.25) is 9.59 Å². The first-order valence-electron chi connectivity index (χ1n) is 8.76. The number of carbonyl (C=O) groups is 2. The Morgan fingerprint density at radius 1 is 1.35 bits per heavy atom. The van der Waals surface area contributed by atoms with Crippen molar-refractivity contribution in [1.29, 1.82) is 0 Å². The molecule has 3 rings (SSSR count). The molecule has 5 nitrogen and oxygen atoms in total. The van der Waals surface area contributed by atoms with E-state index in [0.717, 1.165) is 12.8 Å². The van der Waals surface area contributed by atoms with Crippen LogP contribution >= 0.6 is 11.3 Å². The largest absolute Gasteiger partial charge is 0.351 e. The van der Waals surface area contributed by atoms with Crippen molar-refractivity contribution in [1.82, 2.24) is 15.2 Å². The molecule has 2 amide bonds. The second-order valence-corrected chi connectivity index (χ2v) is 7.79. The van der Waals surface area contributed by atoms with Gasteiger partial charge in [-0.1, -0.05) is 26.0 Å². The van der Waals surface area contributed by atoms with Crippen LogP contribution in [-0.2, 0) is 4.79 Å². The van der Waals surface area contributed by atoms with E-state index < -0.39 is 0 Å². The highest BCUT2D eigenvalue weighted by Gasteiger charge is 2.27. The van der Waals surface area contributed by atoms with Gasteiger partial charge in [-0.25, -0.2) is 9.37 Å². The van der Waals surface area contributed by atoms with E-state index in [2.05, 4.69) is 10.3 Å². The van der Waals surface area contributed by atoms with Gasteiger partial charge in [-0.2, -0.15) is 0 Å². The molecule has 0 saturated carbocycles. The molecule has 1 fully saturated rings. The van der Waals surface area contributed by atoms with E-state index in [4.69, 9.17) is 0 Å². The van der Waals surface area contributed by atoms with Crippen LogP contribution in [0.25, 0.3) is 10.6 Å². The van der Waals surface area contributed by atoms with Crippen LogP contribution in [0.3, 0.4) is 0 Å². The molecule has 1 aromatic carbocycles. The van der Waals surface area contributed by atoms with E-state index >= 15 is 0 Å². The number of hydrogen-bond acceptors (Lipinski definition) is 4. The Labute approximate surface area is 156 Å². The molecule has 0 aliphatic carbocycles. The Bertz CT molecular complexity index is 806. The first kappa shape index (κ1) is 18.5. The van der Waals surface area contributed by atoms with Gasteiger partial charge in [0.05, 0.1) is 6.20 Å². The molecule has 1 atom stereocenters. The number of halogens is 1. The fraction of sp³-hybridized carbons (Fsp3) is 0.421. The van der Waals surface area contributed by atoms with Crippen LogP contribution in [0.2, 0.25) is 0 Å². The molecule has 1 aliphatic rings. The summed E-state index contributed by atoms with van der Waals surface area (Å²) in [4.78, 5) is 31.1. The number of benzene rings is 1. The van der Waals surface area contributed by atoms with Gasteiger partial charge in [0.2, 0.25) is 5.91 Å². The molecule has 1 saturated heterocycles. The zero-order valence-electron chi connectivity index (χ0n) is 14.9. The summed E-state index contributed by atoms with van der Waals surface area (Å²) in [6.07, 6.45) is 3.21. The average molecular weight is 375 g/mol. The van der Waals surface area contributed by atoms with Crippen molar-refractivity contribution in [2.45, 2.75) is 32.7 Å². The van der Waals surface area contributed by atoms with Crippen LogP contribution < -0.4 is 5.32 Å². The van der Waals surface area contributed by atoms with Crippen LogP contribution in [0.4, 0.5) is 4.39 Å². The predicted octanol–water partition coefficient (Wildman–Crippen LogP) is 3.33. The van der Waals surface area contributed by atoms with Crippen molar-refractivity contribution in [3.8, 4) is 10.6 Å². The Morgan fingerprint density at radius 2 is 2.12 bits per heavy atom. The molecule has 26 heavy (non-hydrogen) atoms. The van der Waals surface area contributed by atoms with E-state index in [1.807, 2.05) is 13.8 Å². The minimum absolute atomic E-state index is 0.00364. The van der Waals surface area contributed by atoms with Crippen molar-refractivity contribution >= 4 is 23.2 Å². The molecule has 1 aromatic heterocycles. The number of nitrogens with zero attached hydrogens (tertiary/aromatic N) is 2. The summed E-state index contributed by atoms with van der Waals surface area (Å²) in [6.45, 7) is 4.84. The van der Waals surface area contributed by atoms with Gasteiger partial charge in [0.25, 0.3) is 5.91 Å². The maximum Gasteiger partial charge on any atom is 0.265 e. The van der Waals surface area contributed by atoms with Crippen molar-refractivity contribution in [3.63, 3.8) is 0 Å². The fourth-order valence-electron chi connectivity index (χ4n) is 2.94. The number of likely N-dealkylation sites (tertiary alicyclic amines) is 1. The minimum Gasteiger partial charge on any atom is -0.351 e. The van der Waals surface area contributed by atoms with Crippen LogP contribution in [0.5, 0.6) is 0 Å². The third kappa shape index (κ3) is 4.09. The Morgan fingerprint density at radius 3 is 2.85 bits per heavy atom. The number of carbonyl (C=O) groups excluding carboxylic acids is 2. The number of nitrogens with one attached hydrogen (secondary N) is 1. The van der Waals surface area contributed by atoms with E-state index in [-0.39, 0.29) is 29.6 Å². The monoisotopic (exact) mass is 375 g/mol. The minimum atomic E-state index is -0.352.